The standard InChI is InChI=1S/C9H16N/c1-9(2)10(3)7-5-4-6-8-10/h4-7,9H,8H2,1-3H3/q+1. The lowest BCUT2D eigenvalue weighted by molar-refractivity contribution is -0.876. The summed E-state index contributed by atoms with van der Waals surface area (Å²) in [5.41, 5.74) is 0. The van der Waals surface area contributed by atoms with Crippen molar-refractivity contribution in [3.8, 4) is 0 Å². The molecule has 1 rings (SSSR count). The highest BCUT2D eigenvalue weighted by Gasteiger charge is 2.21. The summed E-state index contributed by atoms with van der Waals surface area (Å²) in [6, 6.07) is 0.682. The minimum Gasteiger partial charge on any atom is -0.294 e. The van der Waals surface area contributed by atoms with Crippen LogP contribution in [0.15, 0.2) is 24.4 Å². The molecule has 1 heterocycles. The van der Waals surface area contributed by atoms with Crippen LogP contribution in [0.3, 0.4) is 0 Å². The van der Waals surface area contributed by atoms with Crippen molar-refractivity contribution < 1.29 is 4.48 Å². The number of hydrogen-bond acceptors (Lipinski definition) is 0. The molecule has 0 saturated heterocycles. The quantitative estimate of drug-likeness (QED) is 0.486. The fourth-order valence-corrected chi connectivity index (χ4v) is 1.06. The molecule has 0 saturated carbocycles. The third-order valence-corrected chi connectivity index (χ3v) is 2.35. The Morgan fingerprint density at radius 2 is 2.00 bits per heavy atom. The molecule has 0 aromatic rings. The van der Waals surface area contributed by atoms with Crippen molar-refractivity contribution in [3.63, 3.8) is 0 Å². The molecule has 0 radical (unpaired) electrons. The lowest BCUT2D eigenvalue weighted by Crippen LogP contribution is -2.45. The second-order valence-electron chi connectivity index (χ2n) is 3.39. The van der Waals surface area contributed by atoms with E-state index < -0.39 is 0 Å². The Labute approximate surface area is 63.2 Å². The normalized spacial score (nSPS) is 31.6. The molecule has 0 aromatic heterocycles. The number of rotatable bonds is 1. The van der Waals surface area contributed by atoms with E-state index in [1.54, 1.807) is 0 Å². The Balaban J connectivity index is 2.70. The summed E-state index contributed by atoms with van der Waals surface area (Å²) in [5, 5.41) is 0. The first-order valence-electron chi connectivity index (χ1n) is 3.84. The summed E-state index contributed by atoms with van der Waals surface area (Å²) >= 11 is 0. The van der Waals surface area contributed by atoms with Crippen LogP contribution in [0, 0.1) is 0 Å². The second kappa shape index (κ2) is 2.59. The Morgan fingerprint density at radius 1 is 1.30 bits per heavy atom. The van der Waals surface area contributed by atoms with Gasteiger partial charge in [0.15, 0.2) is 0 Å². The molecule has 0 amide bonds. The number of allylic oxidation sites excluding steroid dienone is 2. The van der Waals surface area contributed by atoms with Crippen molar-refractivity contribution in [1.29, 1.82) is 0 Å². The molecule has 1 atom stereocenters. The zero-order valence-corrected chi connectivity index (χ0v) is 7.04. The van der Waals surface area contributed by atoms with Crippen molar-refractivity contribution >= 4 is 0 Å². The molecule has 56 valence electrons. The van der Waals surface area contributed by atoms with Crippen LogP contribution in [-0.4, -0.2) is 24.1 Å². The fraction of sp³-hybridized carbons (Fsp3) is 0.556. The SMILES string of the molecule is CC(C)[N+]1(C)C=CC=CC1. The van der Waals surface area contributed by atoms with E-state index >= 15 is 0 Å². The maximum Gasteiger partial charge on any atom is 0.102 e. The minimum atomic E-state index is 0.682. The van der Waals surface area contributed by atoms with Crippen molar-refractivity contribution in [2.75, 3.05) is 13.6 Å². The summed E-state index contributed by atoms with van der Waals surface area (Å²) in [4.78, 5) is 0. The molecule has 10 heavy (non-hydrogen) atoms. The average Bonchev–Trinajstić information content (AvgIpc) is 1.89. The molecular formula is C9H16N+. The van der Waals surface area contributed by atoms with Gasteiger partial charge >= 0.3 is 0 Å². The lowest BCUT2D eigenvalue weighted by atomic mass is 10.2. The van der Waals surface area contributed by atoms with Crippen LogP contribution in [0.2, 0.25) is 0 Å². The highest BCUT2D eigenvalue weighted by Crippen LogP contribution is 2.13. The monoisotopic (exact) mass is 138 g/mol. The van der Waals surface area contributed by atoms with Gasteiger partial charge in [0.2, 0.25) is 0 Å². The van der Waals surface area contributed by atoms with E-state index in [0.717, 1.165) is 11.0 Å². The van der Waals surface area contributed by atoms with Crippen molar-refractivity contribution in [2.24, 2.45) is 0 Å². The van der Waals surface area contributed by atoms with Crippen LogP contribution < -0.4 is 0 Å². The second-order valence-corrected chi connectivity index (χ2v) is 3.39. The highest BCUT2D eigenvalue weighted by molar-refractivity contribution is 5.03. The Bertz CT molecular complexity index is 168. The van der Waals surface area contributed by atoms with Gasteiger partial charge in [-0.3, -0.25) is 4.48 Å². The maximum atomic E-state index is 2.25. The van der Waals surface area contributed by atoms with Gasteiger partial charge < -0.3 is 0 Å². The summed E-state index contributed by atoms with van der Waals surface area (Å²) < 4.78 is 1.04. The average molecular weight is 138 g/mol. The van der Waals surface area contributed by atoms with E-state index in [1.165, 1.54) is 0 Å². The van der Waals surface area contributed by atoms with Crippen LogP contribution in [0.5, 0.6) is 0 Å². The fourth-order valence-electron chi connectivity index (χ4n) is 1.06. The summed E-state index contributed by atoms with van der Waals surface area (Å²) in [7, 11) is 2.25. The Morgan fingerprint density at radius 3 is 2.30 bits per heavy atom. The summed E-state index contributed by atoms with van der Waals surface area (Å²) in [6.07, 6.45) is 8.72. The van der Waals surface area contributed by atoms with E-state index in [4.69, 9.17) is 0 Å². The van der Waals surface area contributed by atoms with Gasteiger partial charge in [0.25, 0.3) is 0 Å². The molecule has 1 aliphatic rings. The molecule has 1 unspecified atom stereocenters. The number of nitrogens with zero attached hydrogens (tertiary/aromatic N) is 1. The molecule has 0 spiro atoms. The number of likely N-dealkylation sites (N-methyl/N-ethyl adjacent to an activating group) is 1. The number of quaternary nitrogens is 1. The van der Waals surface area contributed by atoms with Gasteiger partial charge in [-0.2, -0.15) is 0 Å². The van der Waals surface area contributed by atoms with Crippen molar-refractivity contribution in [3.05, 3.63) is 24.4 Å². The van der Waals surface area contributed by atoms with E-state index in [0.29, 0.717) is 6.04 Å². The molecular weight excluding hydrogens is 122 g/mol. The molecule has 1 aliphatic heterocycles. The number of hydrogen-bond donors (Lipinski definition) is 0. The Kier molecular flexibility index (Phi) is 1.95. The lowest BCUT2D eigenvalue weighted by Gasteiger charge is -2.34. The molecule has 0 bridgehead atoms. The molecule has 0 aliphatic carbocycles. The van der Waals surface area contributed by atoms with E-state index in [9.17, 15) is 0 Å². The molecule has 0 N–H and O–H groups in total. The van der Waals surface area contributed by atoms with Gasteiger partial charge in [-0.15, -0.1) is 0 Å². The highest BCUT2D eigenvalue weighted by atomic mass is 15.3. The minimum absolute atomic E-state index is 0.682. The van der Waals surface area contributed by atoms with Crippen LogP contribution in [0.25, 0.3) is 0 Å². The van der Waals surface area contributed by atoms with Gasteiger partial charge in [-0.05, 0) is 26.0 Å². The maximum absolute atomic E-state index is 2.25. The predicted molar refractivity (Wildman–Crippen MR) is 44.5 cm³/mol. The van der Waals surface area contributed by atoms with Crippen LogP contribution in [0.4, 0.5) is 0 Å². The van der Waals surface area contributed by atoms with Gasteiger partial charge in [0.05, 0.1) is 19.3 Å². The first-order valence-corrected chi connectivity index (χ1v) is 3.84. The van der Waals surface area contributed by atoms with E-state index in [2.05, 4.69) is 45.3 Å². The Hall–Kier alpha value is -0.560. The van der Waals surface area contributed by atoms with Crippen LogP contribution in [-0.2, 0) is 0 Å². The van der Waals surface area contributed by atoms with Gasteiger partial charge in [-0.1, -0.05) is 6.08 Å². The third kappa shape index (κ3) is 1.29. The molecule has 1 heteroatoms. The van der Waals surface area contributed by atoms with E-state index in [1.807, 2.05) is 0 Å². The topological polar surface area (TPSA) is 0 Å². The zero-order chi connectivity index (χ0) is 7.61. The van der Waals surface area contributed by atoms with Crippen molar-refractivity contribution in [1.82, 2.24) is 0 Å². The van der Waals surface area contributed by atoms with Gasteiger partial charge in [-0.25, -0.2) is 0 Å². The first-order chi connectivity index (χ1) is 4.65. The summed E-state index contributed by atoms with van der Waals surface area (Å²) in [5.74, 6) is 0. The van der Waals surface area contributed by atoms with Crippen molar-refractivity contribution in [2.45, 2.75) is 19.9 Å². The molecule has 1 nitrogen and oxygen atoms in total. The van der Waals surface area contributed by atoms with Gasteiger partial charge in [0, 0.05) is 0 Å². The smallest absolute Gasteiger partial charge is 0.102 e. The zero-order valence-electron chi connectivity index (χ0n) is 7.04. The van der Waals surface area contributed by atoms with Gasteiger partial charge in [0.1, 0.15) is 6.54 Å². The van der Waals surface area contributed by atoms with Crippen LogP contribution >= 0.6 is 0 Å². The van der Waals surface area contributed by atoms with E-state index in [-0.39, 0.29) is 0 Å². The first kappa shape index (κ1) is 7.55. The molecule has 0 fully saturated rings. The summed E-state index contributed by atoms with van der Waals surface area (Å²) in [6.45, 7) is 5.64. The molecule has 0 aromatic carbocycles. The predicted octanol–water partition coefficient (Wildman–Crippen LogP) is 1.92. The largest absolute Gasteiger partial charge is 0.294 e. The van der Waals surface area contributed by atoms with Crippen LogP contribution in [0.1, 0.15) is 13.8 Å². The third-order valence-electron chi connectivity index (χ3n) is 2.35.